The largest absolute Gasteiger partial charge is 0.466 e. The van der Waals surface area contributed by atoms with Crippen LogP contribution in [0.2, 0.25) is 0 Å². The van der Waals surface area contributed by atoms with E-state index in [1.165, 1.54) is 20.1 Å². The highest BCUT2D eigenvalue weighted by molar-refractivity contribution is 6.03. The Morgan fingerprint density at radius 2 is 1.96 bits per heavy atom. The summed E-state index contributed by atoms with van der Waals surface area (Å²) in [5, 5.41) is 0. The van der Waals surface area contributed by atoms with Gasteiger partial charge in [-0.25, -0.2) is 4.79 Å². The zero-order valence-corrected chi connectivity index (χ0v) is 14.3. The Kier molecular flexibility index (Phi) is 6.49. The summed E-state index contributed by atoms with van der Waals surface area (Å²) in [5.74, 6) is -1.01. The molecule has 0 amide bonds. The van der Waals surface area contributed by atoms with Crippen LogP contribution in [0.15, 0.2) is 35.5 Å². The van der Waals surface area contributed by atoms with Gasteiger partial charge in [-0.15, -0.1) is 0 Å². The third-order valence-corrected chi connectivity index (χ3v) is 3.74. The molecule has 5 nitrogen and oxygen atoms in total. The van der Waals surface area contributed by atoms with E-state index in [-0.39, 0.29) is 5.78 Å². The molecule has 0 N–H and O–H groups in total. The van der Waals surface area contributed by atoms with Gasteiger partial charge in [-0.05, 0) is 37.5 Å². The quantitative estimate of drug-likeness (QED) is 0.732. The average molecular weight is 320 g/mol. The molecule has 0 aromatic carbocycles. The zero-order valence-electron chi connectivity index (χ0n) is 14.3. The summed E-state index contributed by atoms with van der Waals surface area (Å²) < 4.78 is 10.2. The van der Waals surface area contributed by atoms with E-state index in [0.29, 0.717) is 24.0 Å². The van der Waals surface area contributed by atoms with Gasteiger partial charge < -0.3 is 9.47 Å². The Labute approximate surface area is 137 Å². The molecule has 0 aromatic rings. The number of allylic oxidation sites excluding steroid dienone is 3. The van der Waals surface area contributed by atoms with Gasteiger partial charge in [-0.1, -0.05) is 26.0 Å². The minimum atomic E-state index is -0.670. The number of rotatable bonds is 2. The van der Waals surface area contributed by atoms with Gasteiger partial charge in [-0.3, -0.25) is 9.59 Å². The van der Waals surface area contributed by atoms with Gasteiger partial charge in [0.2, 0.25) is 0 Å². The van der Waals surface area contributed by atoms with Crippen molar-refractivity contribution in [1.29, 1.82) is 0 Å². The molecule has 1 rings (SSSR count). The number of ether oxygens (including phenoxy) is 2. The topological polar surface area (TPSA) is 69.7 Å². The highest BCUT2D eigenvalue weighted by Gasteiger charge is 2.30. The number of carbonyl (C=O) groups is 3. The van der Waals surface area contributed by atoms with Crippen LogP contribution in [0, 0.1) is 5.41 Å². The molecule has 1 aliphatic rings. The van der Waals surface area contributed by atoms with Crippen molar-refractivity contribution >= 4 is 17.7 Å². The molecule has 0 heterocycles. The third-order valence-electron chi connectivity index (χ3n) is 3.74. The third kappa shape index (κ3) is 5.51. The fourth-order valence-corrected chi connectivity index (χ4v) is 2.21. The molecule has 0 saturated heterocycles. The van der Waals surface area contributed by atoms with E-state index in [4.69, 9.17) is 9.47 Å². The van der Waals surface area contributed by atoms with Crippen LogP contribution in [-0.2, 0) is 23.9 Å². The molecule has 23 heavy (non-hydrogen) atoms. The molecule has 126 valence electrons. The summed E-state index contributed by atoms with van der Waals surface area (Å²) in [4.78, 5) is 35.4. The maximum Gasteiger partial charge on any atom is 0.333 e. The minimum absolute atomic E-state index is 0.0961. The van der Waals surface area contributed by atoms with Crippen LogP contribution in [0.5, 0.6) is 0 Å². The van der Waals surface area contributed by atoms with Crippen LogP contribution < -0.4 is 0 Å². The molecular formula is C18H24O5. The van der Waals surface area contributed by atoms with Crippen LogP contribution in [-0.4, -0.2) is 30.9 Å². The molecule has 5 heteroatoms. The van der Waals surface area contributed by atoms with E-state index in [0.717, 1.165) is 0 Å². The van der Waals surface area contributed by atoms with E-state index in [1.54, 1.807) is 25.2 Å². The summed E-state index contributed by atoms with van der Waals surface area (Å²) in [6.07, 6.45) is 6.87. The first-order valence-corrected chi connectivity index (χ1v) is 7.54. The minimum Gasteiger partial charge on any atom is -0.466 e. The Morgan fingerprint density at radius 1 is 1.30 bits per heavy atom. The van der Waals surface area contributed by atoms with Gasteiger partial charge in [0.15, 0.2) is 5.78 Å². The van der Waals surface area contributed by atoms with Crippen molar-refractivity contribution in [3.05, 3.63) is 35.5 Å². The maximum absolute atomic E-state index is 12.1. The van der Waals surface area contributed by atoms with Crippen LogP contribution >= 0.6 is 0 Å². The summed E-state index contributed by atoms with van der Waals surface area (Å²) in [6.45, 7) is 6.73. The van der Waals surface area contributed by atoms with Crippen molar-refractivity contribution in [2.24, 2.45) is 5.41 Å². The number of hydrogen-bond acceptors (Lipinski definition) is 5. The van der Waals surface area contributed by atoms with Crippen LogP contribution in [0.1, 0.15) is 40.5 Å². The van der Waals surface area contributed by atoms with Crippen molar-refractivity contribution < 1.29 is 23.9 Å². The smallest absolute Gasteiger partial charge is 0.333 e. The number of carbonyl (C=O) groups excluding carboxylic acids is 3. The lowest BCUT2D eigenvalue weighted by Gasteiger charge is -2.29. The van der Waals surface area contributed by atoms with Crippen molar-refractivity contribution in [3.8, 4) is 0 Å². The summed E-state index contributed by atoms with van der Waals surface area (Å²) in [6, 6.07) is 0. The van der Waals surface area contributed by atoms with Gasteiger partial charge >= 0.3 is 11.9 Å². The second-order valence-electron chi connectivity index (χ2n) is 6.16. The number of ketones is 1. The molecule has 0 spiro atoms. The first-order valence-electron chi connectivity index (χ1n) is 7.54. The zero-order chi connectivity index (χ0) is 17.6. The van der Waals surface area contributed by atoms with E-state index >= 15 is 0 Å². The Bertz CT molecular complexity index is 578. The number of methoxy groups -OCH3 is 1. The molecule has 0 aromatic heterocycles. The lowest BCUT2D eigenvalue weighted by molar-refractivity contribution is -0.148. The molecule has 1 atom stereocenters. The standard InChI is InChI=1S/C18H24O5/c1-12-7-6-8-14(17(21)22-5)11-16(23-13(2)19)18(3,4)10-9-15(12)20/h7,9-11,16H,6,8H2,1-5H3/b10-9-,12-7+,14-11+/t16-/m0/s1. The van der Waals surface area contributed by atoms with E-state index in [1.807, 2.05) is 13.8 Å². The van der Waals surface area contributed by atoms with E-state index < -0.39 is 23.5 Å². The lowest BCUT2D eigenvalue weighted by Crippen LogP contribution is -2.31. The van der Waals surface area contributed by atoms with Gasteiger partial charge in [0.05, 0.1) is 7.11 Å². The molecule has 0 fully saturated rings. The van der Waals surface area contributed by atoms with Crippen LogP contribution in [0.25, 0.3) is 0 Å². The molecule has 0 radical (unpaired) electrons. The molecule has 0 unspecified atom stereocenters. The average Bonchev–Trinajstić information content (AvgIpc) is 2.49. The normalized spacial score (nSPS) is 27.5. The van der Waals surface area contributed by atoms with Gasteiger partial charge in [0.1, 0.15) is 6.10 Å². The molecule has 0 aliphatic heterocycles. The number of esters is 2. The second kappa shape index (κ2) is 7.90. The fourth-order valence-electron chi connectivity index (χ4n) is 2.21. The van der Waals surface area contributed by atoms with Crippen molar-refractivity contribution in [2.45, 2.75) is 46.6 Å². The van der Waals surface area contributed by atoms with E-state index in [2.05, 4.69) is 0 Å². The summed E-state index contributed by atoms with van der Waals surface area (Å²) in [5.41, 5.74) is 0.399. The fraction of sp³-hybridized carbons (Fsp3) is 0.500. The first-order chi connectivity index (χ1) is 10.7. The maximum atomic E-state index is 12.1. The van der Waals surface area contributed by atoms with Crippen LogP contribution in [0.3, 0.4) is 0 Å². The Morgan fingerprint density at radius 3 is 2.52 bits per heavy atom. The Hall–Kier alpha value is -2.17. The first kappa shape index (κ1) is 18.9. The predicted molar refractivity (Wildman–Crippen MR) is 86.6 cm³/mol. The highest BCUT2D eigenvalue weighted by atomic mass is 16.5. The van der Waals surface area contributed by atoms with Crippen molar-refractivity contribution in [3.63, 3.8) is 0 Å². The predicted octanol–water partition coefficient (Wildman–Crippen LogP) is 2.91. The van der Waals surface area contributed by atoms with Crippen molar-refractivity contribution in [2.75, 3.05) is 7.11 Å². The lowest BCUT2D eigenvalue weighted by atomic mass is 9.84. The molecule has 0 saturated carbocycles. The summed E-state index contributed by atoms with van der Waals surface area (Å²) in [7, 11) is 1.31. The second-order valence-corrected chi connectivity index (χ2v) is 6.16. The van der Waals surface area contributed by atoms with Crippen LogP contribution in [0.4, 0.5) is 0 Å². The van der Waals surface area contributed by atoms with Gasteiger partial charge in [-0.2, -0.15) is 0 Å². The van der Waals surface area contributed by atoms with E-state index in [9.17, 15) is 14.4 Å². The van der Waals surface area contributed by atoms with Gasteiger partial charge in [0.25, 0.3) is 0 Å². The van der Waals surface area contributed by atoms with Gasteiger partial charge in [0, 0.05) is 17.9 Å². The molecule has 0 bridgehead atoms. The number of hydrogen-bond donors (Lipinski definition) is 0. The summed E-state index contributed by atoms with van der Waals surface area (Å²) >= 11 is 0. The highest BCUT2D eigenvalue weighted by Crippen LogP contribution is 2.29. The Balaban J connectivity index is 3.35. The molecule has 1 aliphatic carbocycles. The van der Waals surface area contributed by atoms with Crippen molar-refractivity contribution in [1.82, 2.24) is 0 Å². The molecular weight excluding hydrogens is 296 g/mol. The monoisotopic (exact) mass is 320 g/mol. The SMILES string of the molecule is COC(=O)/C1=C/[C@H](OC(C)=O)C(C)(C)/C=C\C(=O)/C(C)=C/CC1.